The van der Waals surface area contributed by atoms with Crippen LogP contribution in [0, 0.1) is 0 Å². The van der Waals surface area contributed by atoms with Gasteiger partial charge >= 0.3 is 0 Å². The molecular formula is C5H8OS. The highest BCUT2D eigenvalue weighted by atomic mass is 32.1. The van der Waals surface area contributed by atoms with Gasteiger partial charge in [-0.1, -0.05) is 6.08 Å². The van der Waals surface area contributed by atoms with Crippen molar-refractivity contribution in [2.24, 2.45) is 0 Å². The summed E-state index contributed by atoms with van der Waals surface area (Å²) >= 11 is 0. The molecule has 0 atom stereocenters. The Labute approximate surface area is 50.1 Å². The van der Waals surface area contributed by atoms with Crippen LogP contribution in [0.25, 0.3) is 0 Å². The van der Waals surface area contributed by atoms with E-state index in [0.29, 0.717) is 0 Å². The van der Waals surface area contributed by atoms with Gasteiger partial charge in [0.05, 0.1) is 6.26 Å². The number of ether oxygens (including phenoxy) is 1. The quantitative estimate of drug-likeness (QED) is 0.462. The van der Waals surface area contributed by atoms with Gasteiger partial charge in [-0.15, -0.1) is 0 Å². The van der Waals surface area contributed by atoms with Crippen LogP contribution in [0.1, 0.15) is 0 Å². The Morgan fingerprint density at radius 3 is 2.29 bits per heavy atom. The average molecular weight is 116 g/mol. The second-order valence-electron chi connectivity index (χ2n) is 1.09. The zero-order valence-corrected chi connectivity index (χ0v) is 4.92. The van der Waals surface area contributed by atoms with Crippen molar-refractivity contribution in [1.82, 2.24) is 0 Å². The fourth-order valence-corrected chi connectivity index (χ4v) is 0.346. The maximum Gasteiger partial charge on any atom is 0.106 e. The second-order valence-corrected chi connectivity index (χ2v) is 1.09. The molecule has 0 unspecified atom stereocenters. The Kier molecular flexibility index (Phi) is 3.61. The molecule has 0 N–H and O–H groups in total. The van der Waals surface area contributed by atoms with E-state index in [0.717, 1.165) is 6.61 Å². The van der Waals surface area contributed by atoms with Gasteiger partial charge in [-0.2, -0.15) is 13.5 Å². The Morgan fingerprint density at radius 1 is 1.29 bits per heavy atom. The molecule has 0 amide bonds. The molecule has 2 heteroatoms. The maximum absolute atomic E-state index is 4.80. The average Bonchev–Trinajstić information content (AvgIpc) is 1.72. The van der Waals surface area contributed by atoms with Crippen LogP contribution in [0.2, 0.25) is 0 Å². The zero-order valence-electron chi connectivity index (χ0n) is 3.92. The van der Waals surface area contributed by atoms with Gasteiger partial charge in [-0.25, -0.2) is 0 Å². The van der Waals surface area contributed by atoms with E-state index in [1.54, 1.807) is 6.26 Å². The van der Waals surface area contributed by atoms with Crippen LogP contribution in [0.5, 0.6) is 0 Å². The molecule has 1 heterocycles. The summed E-state index contributed by atoms with van der Waals surface area (Å²) < 4.78 is 4.80. The Morgan fingerprint density at radius 2 is 2.14 bits per heavy atom. The lowest BCUT2D eigenvalue weighted by molar-refractivity contribution is 0.286. The number of hydrogen-bond acceptors (Lipinski definition) is 1. The molecule has 40 valence electrons. The van der Waals surface area contributed by atoms with Crippen LogP contribution in [0.3, 0.4) is 0 Å². The topological polar surface area (TPSA) is 9.23 Å². The van der Waals surface area contributed by atoms with Crippen LogP contribution in [-0.2, 0) is 4.74 Å². The molecule has 0 aromatic carbocycles. The standard InChI is InChI=1S/C5H6O.H2S/c1-2-4-6-5-3-1;/h1-4H,5H2;1H2. The van der Waals surface area contributed by atoms with E-state index in [9.17, 15) is 0 Å². The lowest BCUT2D eigenvalue weighted by Gasteiger charge is -1.94. The number of allylic oxidation sites excluding steroid dienone is 2. The summed E-state index contributed by atoms with van der Waals surface area (Å²) in [6, 6.07) is 0. The second kappa shape index (κ2) is 3.81. The largest absolute Gasteiger partial charge is 0.497 e. The third-order valence-electron chi connectivity index (χ3n) is 0.614. The Bertz CT molecular complexity index is 74.1. The van der Waals surface area contributed by atoms with Crippen molar-refractivity contribution in [3.8, 4) is 0 Å². The molecule has 0 aromatic rings. The van der Waals surface area contributed by atoms with Gasteiger partial charge in [0.1, 0.15) is 6.61 Å². The molecule has 0 fully saturated rings. The molecule has 1 rings (SSSR count). The molecule has 0 aliphatic carbocycles. The first-order valence-corrected chi connectivity index (χ1v) is 1.93. The van der Waals surface area contributed by atoms with Crippen molar-refractivity contribution in [3.05, 3.63) is 24.5 Å². The van der Waals surface area contributed by atoms with Crippen LogP contribution in [0.15, 0.2) is 24.5 Å². The summed E-state index contributed by atoms with van der Waals surface area (Å²) in [6.07, 6.45) is 7.47. The molecule has 0 radical (unpaired) electrons. The Balaban J connectivity index is 0.000000360. The number of hydrogen-bond donors (Lipinski definition) is 0. The first-order valence-electron chi connectivity index (χ1n) is 1.93. The predicted molar refractivity (Wildman–Crippen MR) is 34.6 cm³/mol. The lowest BCUT2D eigenvalue weighted by atomic mass is 10.5. The van der Waals surface area contributed by atoms with Gasteiger partial charge in [-0.3, -0.25) is 0 Å². The van der Waals surface area contributed by atoms with Crippen LogP contribution < -0.4 is 0 Å². The molecule has 0 bridgehead atoms. The van der Waals surface area contributed by atoms with Crippen molar-refractivity contribution in [3.63, 3.8) is 0 Å². The van der Waals surface area contributed by atoms with Crippen LogP contribution >= 0.6 is 13.5 Å². The minimum Gasteiger partial charge on any atom is -0.497 e. The minimum atomic E-state index is 0. The smallest absolute Gasteiger partial charge is 0.106 e. The molecule has 1 aliphatic rings. The van der Waals surface area contributed by atoms with E-state index < -0.39 is 0 Å². The van der Waals surface area contributed by atoms with Gasteiger partial charge in [0.2, 0.25) is 0 Å². The van der Waals surface area contributed by atoms with E-state index >= 15 is 0 Å². The molecular weight excluding hydrogens is 108 g/mol. The van der Waals surface area contributed by atoms with Gasteiger partial charge in [0.25, 0.3) is 0 Å². The van der Waals surface area contributed by atoms with Crippen molar-refractivity contribution in [1.29, 1.82) is 0 Å². The van der Waals surface area contributed by atoms with Crippen molar-refractivity contribution >= 4 is 13.5 Å². The van der Waals surface area contributed by atoms with E-state index in [1.807, 2.05) is 18.2 Å². The molecule has 0 spiro atoms. The molecule has 0 saturated heterocycles. The van der Waals surface area contributed by atoms with E-state index in [4.69, 9.17) is 4.74 Å². The van der Waals surface area contributed by atoms with E-state index in [1.165, 1.54) is 0 Å². The van der Waals surface area contributed by atoms with Crippen LogP contribution in [-0.4, -0.2) is 6.61 Å². The summed E-state index contributed by atoms with van der Waals surface area (Å²) in [5, 5.41) is 0. The fraction of sp³-hybridized carbons (Fsp3) is 0.200. The third-order valence-corrected chi connectivity index (χ3v) is 0.614. The molecule has 0 aromatic heterocycles. The van der Waals surface area contributed by atoms with Gasteiger partial charge in [0.15, 0.2) is 0 Å². The molecule has 1 nitrogen and oxygen atoms in total. The minimum absolute atomic E-state index is 0. The summed E-state index contributed by atoms with van der Waals surface area (Å²) in [5.74, 6) is 0. The Hall–Kier alpha value is -0.370. The molecule has 7 heavy (non-hydrogen) atoms. The monoisotopic (exact) mass is 116 g/mol. The molecule has 0 saturated carbocycles. The van der Waals surface area contributed by atoms with E-state index in [2.05, 4.69) is 0 Å². The summed E-state index contributed by atoms with van der Waals surface area (Å²) in [4.78, 5) is 0. The summed E-state index contributed by atoms with van der Waals surface area (Å²) in [7, 11) is 0. The van der Waals surface area contributed by atoms with Crippen molar-refractivity contribution < 1.29 is 4.74 Å². The highest BCUT2D eigenvalue weighted by molar-refractivity contribution is 7.59. The zero-order chi connectivity index (χ0) is 4.24. The van der Waals surface area contributed by atoms with Crippen molar-refractivity contribution in [2.45, 2.75) is 0 Å². The van der Waals surface area contributed by atoms with Gasteiger partial charge in [0, 0.05) is 0 Å². The van der Waals surface area contributed by atoms with Gasteiger partial charge < -0.3 is 4.74 Å². The highest BCUT2D eigenvalue weighted by Crippen LogP contribution is 1.87. The van der Waals surface area contributed by atoms with Crippen molar-refractivity contribution in [2.75, 3.05) is 6.61 Å². The van der Waals surface area contributed by atoms with E-state index in [-0.39, 0.29) is 13.5 Å². The third kappa shape index (κ3) is 2.34. The lowest BCUT2D eigenvalue weighted by Crippen LogP contribution is -1.82. The fourth-order valence-electron chi connectivity index (χ4n) is 0.346. The number of rotatable bonds is 0. The summed E-state index contributed by atoms with van der Waals surface area (Å²) in [5.41, 5.74) is 0. The summed E-state index contributed by atoms with van der Waals surface area (Å²) in [6.45, 7) is 0.733. The first kappa shape index (κ1) is 6.63. The SMILES string of the molecule is C1=CCOC=C1.S. The van der Waals surface area contributed by atoms with Gasteiger partial charge in [-0.05, 0) is 12.2 Å². The predicted octanol–water partition coefficient (Wildman–Crippen LogP) is 1.20. The first-order chi connectivity index (χ1) is 3.00. The normalized spacial score (nSPS) is 14.9. The maximum atomic E-state index is 4.80. The van der Waals surface area contributed by atoms with Crippen LogP contribution in [0.4, 0.5) is 0 Å². The highest BCUT2D eigenvalue weighted by Gasteiger charge is 1.75. The molecule has 1 aliphatic heterocycles.